The zero-order chi connectivity index (χ0) is 24.6. The van der Waals surface area contributed by atoms with Crippen LogP contribution in [0, 0.1) is 26.7 Å². The summed E-state index contributed by atoms with van der Waals surface area (Å²) in [7, 11) is 0. The van der Waals surface area contributed by atoms with Crippen molar-refractivity contribution < 1.29 is 23.8 Å². The van der Waals surface area contributed by atoms with Crippen molar-refractivity contribution in [3.05, 3.63) is 88.4 Å². The lowest BCUT2D eigenvalue weighted by molar-refractivity contribution is -0.132. The molecule has 2 heterocycles. The van der Waals surface area contributed by atoms with E-state index in [1.54, 1.807) is 43.3 Å². The number of rotatable bonds is 6. The van der Waals surface area contributed by atoms with Gasteiger partial charge in [0.2, 0.25) is 0 Å². The summed E-state index contributed by atoms with van der Waals surface area (Å²) in [6, 6.07) is 15.2. The van der Waals surface area contributed by atoms with Gasteiger partial charge in [-0.1, -0.05) is 26.0 Å². The molecule has 1 amide bonds. The van der Waals surface area contributed by atoms with Crippen LogP contribution in [-0.4, -0.2) is 23.4 Å². The van der Waals surface area contributed by atoms with E-state index in [2.05, 4.69) is 13.8 Å². The number of Topliss-reactive ketones (excluding diaryl/α,β-unsaturated/α-hetero) is 1. The number of benzene rings is 2. The third kappa shape index (κ3) is 4.36. The van der Waals surface area contributed by atoms with Gasteiger partial charge in [-0.05, 0) is 80.3 Å². The van der Waals surface area contributed by atoms with Crippen molar-refractivity contribution in [2.24, 2.45) is 5.92 Å². The molecule has 4 rings (SSSR count). The molecule has 0 aliphatic carbocycles. The molecule has 6 nitrogen and oxygen atoms in total. The van der Waals surface area contributed by atoms with Gasteiger partial charge in [-0.3, -0.25) is 14.5 Å². The lowest BCUT2D eigenvalue weighted by atomic mass is 9.98. The molecule has 176 valence electrons. The molecule has 1 N–H and O–H groups in total. The van der Waals surface area contributed by atoms with Gasteiger partial charge in [0.15, 0.2) is 0 Å². The van der Waals surface area contributed by atoms with Crippen molar-refractivity contribution in [1.82, 2.24) is 0 Å². The van der Waals surface area contributed by atoms with Gasteiger partial charge in [0.25, 0.3) is 11.7 Å². The highest BCUT2D eigenvalue weighted by atomic mass is 16.5. The number of carbonyl (C=O) groups is 2. The largest absolute Gasteiger partial charge is 0.507 e. The van der Waals surface area contributed by atoms with Crippen molar-refractivity contribution in [3.63, 3.8) is 0 Å². The zero-order valence-electron chi connectivity index (χ0n) is 20.1. The molecular formula is C28H29NO5. The minimum absolute atomic E-state index is 0.00361. The summed E-state index contributed by atoms with van der Waals surface area (Å²) in [5.74, 6) is 0.438. The Morgan fingerprint density at radius 3 is 2.44 bits per heavy atom. The van der Waals surface area contributed by atoms with E-state index >= 15 is 0 Å². The number of nitrogens with zero attached hydrogens (tertiary/aromatic N) is 1. The van der Waals surface area contributed by atoms with E-state index in [0.717, 1.165) is 11.1 Å². The van der Waals surface area contributed by atoms with Crippen LogP contribution in [0.2, 0.25) is 0 Å². The second kappa shape index (κ2) is 9.21. The SMILES string of the molecule is Cc1cccc(N2C(=O)C(=O)/C(=C(\O)c3ccc(OCC(C)C)c(C)c3)C2c2ccc(C)o2)c1. The van der Waals surface area contributed by atoms with E-state index < -0.39 is 17.7 Å². The van der Waals surface area contributed by atoms with Crippen molar-refractivity contribution in [1.29, 1.82) is 0 Å². The Morgan fingerprint density at radius 2 is 1.82 bits per heavy atom. The molecule has 0 radical (unpaired) electrons. The second-order valence-electron chi connectivity index (χ2n) is 9.14. The molecule has 0 saturated carbocycles. The van der Waals surface area contributed by atoms with E-state index in [1.165, 1.54) is 4.90 Å². The van der Waals surface area contributed by atoms with Crippen LogP contribution < -0.4 is 9.64 Å². The first-order valence-electron chi connectivity index (χ1n) is 11.3. The summed E-state index contributed by atoms with van der Waals surface area (Å²) in [6.45, 7) is 10.3. The van der Waals surface area contributed by atoms with Crippen LogP contribution >= 0.6 is 0 Å². The predicted molar refractivity (Wildman–Crippen MR) is 131 cm³/mol. The molecule has 1 aromatic heterocycles. The van der Waals surface area contributed by atoms with Crippen molar-refractivity contribution in [2.75, 3.05) is 11.5 Å². The molecule has 0 spiro atoms. The van der Waals surface area contributed by atoms with E-state index in [4.69, 9.17) is 9.15 Å². The van der Waals surface area contributed by atoms with Gasteiger partial charge in [-0.25, -0.2) is 0 Å². The number of aliphatic hydroxyl groups is 1. The maximum Gasteiger partial charge on any atom is 0.300 e. The van der Waals surface area contributed by atoms with Gasteiger partial charge < -0.3 is 14.3 Å². The molecule has 1 saturated heterocycles. The summed E-state index contributed by atoms with van der Waals surface area (Å²) in [5.41, 5.74) is 2.76. The second-order valence-corrected chi connectivity index (χ2v) is 9.14. The molecule has 34 heavy (non-hydrogen) atoms. The van der Waals surface area contributed by atoms with E-state index in [-0.39, 0.29) is 11.3 Å². The average molecular weight is 460 g/mol. The molecule has 1 unspecified atom stereocenters. The summed E-state index contributed by atoms with van der Waals surface area (Å²) in [5, 5.41) is 11.3. The number of hydrogen-bond donors (Lipinski definition) is 1. The summed E-state index contributed by atoms with van der Waals surface area (Å²) < 4.78 is 11.7. The van der Waals surface area contributed by atoms with Crippen LogP contribution in [0.3, 0.4) is 0 Å². The van der Waals surface area contributed by atoms with Crippen molar-refractivity contribution in [2.45, 2.75) is 40.7 Å². The number of ether oxygens (including phenoxy) is 1. The number of furan rings is 1. The van der Waals surface area contributed by atoms with E-state index in [9.17, 15) is 14.7 Å². The molecule has 6 heteroatoms. The zero-order valence-corrected chi connectivity index (χ0v) is 20.1. The van der Waals surface area contributed by atoms with Crippen LogP contribution in [0.25, 0.3) is 5.76 Å². The van der Waals surface area contributed by atoms with Gasteiger partial charge in [-0.2, -0.15) is 0 Å². The molecule has 1 atom stereocenters. The lowest BCUT2D eigenvalue weighted by Gasteiger charge is -2.23. The normalized spacial score (nSPS) is 17.6. The Hall–Kier alpha value is -3.80. The number of hydrogen-bond acceptors (Lipinski definition) is 5. The third-order valence-corrected chi connectivity index (χ3v) is 5.78. The number of carbonyl (C=O) groups excluding carboxylic acids is 2. The van der Waals surface area contributed by atoms with Crippen LogP contribution in [0.4, 0.5) is 5.69 Å². The van der Waals surface area contributed by atoms with E-state index in [0.29, 0.717) is 41.0 Å². The fraction of sp³-hybridized carbons (Fsp3) is 0.286. The topological polar surface area (TPSA) is 80.0 Å². The third-order valence-electron chi connectivity index (χ3n) is 5.78. The molecule has 1 aliphatic rings. The average Bonchev–Trinajstić information content (AvgIpc) is 3.33. The quantitative estimate of drug-likeness (QED) is 0.283. The predicted octanol–water partition coefficient (Wildman–Crippen LogP) is 5.87. The molecule has 2 aromatic carbocycles. The van der Waals surface area contributed by atoms with Gasteiger partial charge in [0.1, 0.15) is 29.1 Å². The maximum atomic E-state index is 13.2. The van der Waals surface area contributed by atoms with Crippen LogP contribution in [-0.2, 0) is 9.59 Å². The highest BCUT2D eigenvalue weighted by molar-refractivity contribution is 6.51. The number of aryl methyl sites for hydroxylation is 3. The van der Waals surface area contributed by atoms with Crippen LogP contribution in [0.15, 0.2) is 64.6 Å². The summed E-state index contributed by atoms with van der Waals surface area (Å²) >= 11 is 0. The van der Waals surface area contributed by atoms with Crippen molar-refractivity contribution >= 4 is 23.1 Å². The molecule has 0 bridgehead atoms. The molecular weight excluding hydrogens is 430 g/mol. The van der Waals surface area contributed by atoms with Gasteiger partial charge >= 0.3 is 0 Å². The Kier molecular flexibility index (Phi) is 6.33. The minimum Gasteiger partial charge on any atom is -0.507 e. The molecule has 1 aliphatic heterocycles. The van der Waals surface area contributed by atoms with Crippen LogP contribution in [0.1, 0.15) is 48.1 Å². The monoisotopic (exact) mass is 459 g/mol. The number of aliphatic hydroxyl groups excluding tert-OH is 1. The number of ketones is 1. The fourth-order valence-electron chi connectivity index (χ4n) is 4.12. The summed E-state index contributed by atoms with van der Waals surface area (Å²) in [6.07, 6.45) is 0. The Bertz CT molecular complexity index is 1280. The van der Waals surface area contributed by atoms with Crippen LogP contribution in [0.5, 0.6) is 5.75 Å². The standard InChI is InChI=1S/C28H29NO5/c1-16(2)15-33-22-12-10-20(14-18(22)4)26(30)24-25(23-11-9-19(5)34-23)29(28(32)27(24)31)21-8-6-7-17(3)13-21/h6-14,16,25,30H,15H2,1-5H3/b26-24-. The summed E-state index contributed by atoms with van der Waals surface area (Å²) in [4.78, 5) is 27.8. The highest BCUT2D eigenvalue weighted by Crippen LogP contribution is 2.43. The van der Waals surface area contributed by atoms with Crippen molar-refractivity contribution in [3.8, 4) is 5.75 Å². The number of anilines is 1. The fourth-order valence-corrected chi connectivity index (χ4v) is 4.12. The first kappa shape index (κ1) is 23.4. The lowest BCUT2D eigenvalue weighted by Crippen LogP contribution is -2.29. The number of amides is 1. The Labute approximate surface area is 199 Å². The minimum atomic E-state index is -0.882. The van der Waals surface area contributed by atoms with Gasteiger partial charge in [0, 0.05) is 11.3 Å². The molecule has 1 fully saturated rings. The van der Waals surface area contributed by atoms with Gasteiger partial charge in [-0.15, -0.1) is 0 Å². The first-order valence-corrected chi connectivity index (χ1v) is 11.3. The smallest absolute Gasteiger partial charge is 0.300 e. The maximum absolute atomic E-state index is 13.2. The Balaban J connectivity index is 1.83. The highest BCUT2D eigenvalue weighted by Gasteiger charge is 2.48. The molecule has 3 aromatic rings. The van der Waals surface area contributed by atoms with E-state index in [1.807, 2.05) is 32.0 Å². The first-order chi connectivity index (χ1) is 16.2. The Morgan fingerprint density at radius 1 is 1.06 bits per heavy atom. The van der Waals surface area contributed by atoms with Gasteiger partial charge in [0.05, 0.1) is 12.2 Å².